The molecular weight excluding hydrogens is 274 g/mol. The monoisotopic (exact) mass is 289 g/mol. The molecule has 0 spiro atoms. The van der Waals surface area contributed by atoms with Crippen molar-refractivity contribution in [2.45, 2.75) is 0 Å². The van der Waals surface area contributed by atoms with E-state index in [1.54, 1.807) is 48.4 Å². The summed E-state index contributed by atoms with van der Waals surface area (Å²) < 4.78 is 6.96. The van der Waals surface area contributed by atoms with Crippen molar-refractivity contribution in [2.24, 2.45) is 17.9 Å². The van der Waals surface area contributed by atoms with E-state index >= 15 is 0 Å². The van der Waals surface area contributed by atoms with Crippen LogP contribution in [0.4, 0.5) is 5.69 Å². The Morgan fingerprint density at radius 3 is 2.76 bits per heavy atom. The summed E-state index contributed by atoms with van der Waals surface area (Å²) >= 11 is 0. The number of anilines is 1. The zero-order valence-electron chi connectivity index (χ0n) is 11.4. The third-order valence-electron chi connectivity index (χ3n) is 2.56. The average molecular weight is 289 g/mol. The number of oxime groups is 1. The molecule has 1 aromatic carbocycles. The normalized spacial score (nSPS) is 11.2. The van der Waals surface area contributed by atoms with Gasteiger partial charge in [-0.3, -0.25) is 4.79 Å². The van der Waals surface area contributed by atoms with E-state index in [4.69, 9.17) is 15.7 Å². The van der Waals surface area contributed by atoms with Crippen molar-refractivity contribution in [3.8, 4) is 5.75 Å². The molecule has 21 heavy (non-hydrogen) atoms. The van der Waals surface area contributed by atoms with Crippen molar-refractivity contribution < 1.29 is 14.7 Å². The summed E-state index contributed by atoms with van der Waals surface area (Å²) in [6, 6.07) is 6.70. The molecule has 0 bridgehead atoms. The Morgan fingerprint density at radius 1 is 1.48 bits per heavy atom. The lowest BCUT2D eigenvalue weighted by molar-refractivity contribution is 0.102. The molecule has 0 saturated carbocycles. The summed E-state index contributed by atoms with van der Waals surface area (Å²) in [5.74, 6) is 0.223. The van der Waals surface area contributed by atoms with E-state index in [2.05, 4.69) is 15.5 Å². The fourth-order valence-electron chi connectivity index (χ4n) is 1.55. The lowest BCUT2D eigenvalue weighted by Crippen LogP contribution is -2.20. The Hall–Kier alpha value is -3.03. The van der Waals surface area contributed by atoms with Gasteiger partial charge in [0, 0.05) is 18.9 Å². The summed E-state index contributed by atoms with van der Waals surface area (Å²) in [6.45, 7) is -0.0177. The molecule has 0 unspecified atom stereocenters. The third-order valence-corrected chi connectivity index (χ3v) is 2.56. The number of carbonyl (C=O) groups is 1. The van der Waals surface area contributed by atoms with Gasteiger partial charge in [0.1, 0.15) is 18.1 Å². The van der Waals surface area contributed by atoms with Crippen LogP contribution in [0.3, 0.4) is 0 Å². The van der Waals surface area contributed by atoms with Crippen LogP contribution in [0.2, 0.25) is 0 Å². The van der Waals surface area contributed by atoms with Gasteiger partial charge >= 0.3 is 0 Å². The van der Waals surface area contributed by atoms with Crippen LogP contribution in [0.15, 0.2) is 41.9 Å². The minimum Gasteiger partial charge on any atom is -0.486 e. The van der Waals surface area contributed by atoms with Gasteiger partial charge in [-0.2, -0.15) is 0 Å². The minimum absolute atomic E-state index is 0.0177. The van der Waals surface area contributed by atoms with Crippen LogP contribution in [0, 0.1) is 0 Å². The first-order valence-corrected chi connectivity index (χ1v) is 6.07. The number of nitrogens with zero attached hydrogens (tertiary/aromatic N) is 3. The van der Waals surface area contributed by atoms with Crippen LogP contribution in [0.25, 0.3) is 0 Å². The van der Waals surface area contributed by atoms with Crippen LogP contribution in [0.5, 0.6) is 5.75 Å². The summed E-state index contributed by atoms with van der Waals surface area (Å²) in [6.07, 6.45) is 3.18. The highest BCUT2D eigenvalue weighted by Gasteiger charge is 2.08. The number of aromatic nitrogens is 2. The molecule has 110 valence electrons. The molecule has 8 nitrogen and oxygen atoms in total. The van der Waals surface area contributed by atoms with Gasteiger partial charge in [0.05, 0.1) is 6.33 Å². The second-order valence-electron chi connectivity index (χ2n) is 4.28. The predicted octanol–water partition coefficient (Wildman–Crippen LogP) is 0.798. The van der Waals surface area contributed by atoms with Crippen molar-refractivity contribution in [1.29, 1.82) is 0 Å². The number of rotatable bonds is 5. The maximum Gasteiger partial charge on any atom is 0.275 e. The van der Waals surface area contributed by atoms with Crippen LogP contribution in [0.1, 0.15) is 10.5 Å². The van der Waals surface area contributed by atoms with Crippen LogP contribution >= 0.6 is 0 Å². The molecule has 0 fully saturated rings. The second-order valence-corrected chi connectivity index (χ2v) is 4.28. The second kappa shape index (κ2) is 6.42. The number of imidazole rings is 1. The Balaban J connectivity index is 1.94. The number of nitrogens with one attached hydrogen (secondary N) is 1. The van der Waals surface area contributed by atoms with Gasteiger partial charge < -0.3 is 25.6 Å². The van der Waals surface area contributed by atoms with Crippen LogP contribution in [-0.4, -0.2) is 33.1 Å². The molecule has 8 heteroatoms. The van der Waals surface area contributed by atoms with Gasteiger partial charge in [-0.25, -0.2) is 4.98 Å². The Labute approximate surface area is 120 Å². The number of amides is 1. The van der Waals surface area contributed by atoms with E-state index in [1.807, 2.05) is 0 Å². The van der Waals surface area contributed by atoms with Crippen LogP contribution < -0.4 is 15.8 Å². The van der Waals surface area contributed by atoms with E-state index in [0.717, 1.165) is 0 Å². The van der Waals surface area contributed by atoms with E-state index in [1.165, 1.54) is 0 Å². The Morgan fingerprint density at radius 2 is 2.19 bits per heavy atom. The number of carbonyl (C=O) groups excluding carboxylic acids is 1. The molecule has 0 atom stereocenters. The maximum absolute atomic E-state index is 11.9. The fraction of sp³-hybridized carbons (Fsp3) is 0.154. The number of ether oxygens (including phenoxy) is 1. The first-order chi connectivity index (χ1) is 10.1. The largest absolute Gasteiger partial charge is 0.486 e. The quantitative estimate of drug-likeness (QED) is 0.326. The topological polar surface area (TPSA) is 115 Å². The zero-order valence-corrected chi connectivity index (χ0v) is 11.4. The number of benzene rings is 1. The third kappa shape index (κ3) is 3.96. The Kier molecular flexibility index (Phi) is 4.39. The molecular formula is C13H15N5O3. The highest BCUT2D eigenvalue weighted by Crippen LogP contribution is 2.16. The van der Waals surface area contributed by atoms with Gasteiger partial charge in [0.25, 0.3) is 5.91 Å². The van der Waals surface area contributed by atoms with E-state index < -0.39 is 0 Å². The standard InChI is InChI=1S/C13H15N5O3/c1-18-6-11(15-8-18)13(19)16-9-2-4-10(5-3-9)21-7-12(14)17-20/h2-6,8,20H,7H2,1H3,(H2,14,17)(H,16,19). The predicted molar refractivity (Wildman–Crippen MR) is 76.5 cm³/mol. The highest BCUT2D eigenvalue weighted by molar-refractivity contribution is 6.02. The van der Waals surface area contributed by atoms with Gasteiger partial charge in [0.15, 0.2) is 5.84 Å². The van der Waals surface area contributed by atoms with Crippen LogP contribution in [-0.2, 0) is 7.05 Å². The van der Waals surface area contributed by atoms with Crippen molar-refractivity contribution >= 4 is 17.4 Å². The highest BCUT2D eigenvalue weighted by atomic mass is 16.5. The summed E-state index contributed by atoms with van der Waals surface area (Å²) in [5, 5.41) is 13.9. The van der Waals surface area contributed by atoms with E-state index in [9.17, 15) is 4.79 Å². The smallest absolute Gasteiger partial charge is 0.275 e. The average Bonchev–Trinajstić information content (AvgIpc) is 2.93. The molecule has 2 rings (SSSR count). The molecule has 1 aromatic heterocycles. The molecule has 4 N–H and O–H groups in total. The zero-order chi connectivity index (χ0) is 15.2. The number of amidine groups is 1. The molecule has 2 aromatic rings. The molecule has 0 aliphatic heterocycles. The Bertz CT molecular complexity index is 648. The van der Waals surface area contributed by atoms with Crippen molar-refractivity contribution in [3.05, 3.63) is 42.5 Å². The molecule has 1 amide bonds. The number of aryl methyl sites for hydroxylation is 1. The number of nitrogens with two attached hydrogens (primary N) is 1. The SMILES string of the molecule is Cn1cnc(C(=O)Nc2ccc(OC/C(N)=N/O)cc2)c1. The fourth-order valence-corrected chi connectivity index (χ4v) is 1.55. The van der Waals surface area contributed by atoms with Crippen molar-refractivity contribution in [2.75, 3.05) is 11.9 Å². The van der Waals surface area contributed by atoms with Crippen molar-refractivity contribution in [3.63, 3.8) is 0 Å². The summed E-state index contributed by atoms with van der Waals surface area (Å²) in [5.41, 5.74) is 6.24. The lowest BCUT2D eigenvalue weighted by atomic mass is 10.3. The molecule has 0 aliphatic carbocycles. The van der Waals surface area contributed by atoms with Gasteiger partial charge in [-0.05, 0) is 24.3 Å². The van der Waals surface area contributed by atoms with Gasteiger partial charge in [0.2, 0.25) is 0 Å². The first kappa shape index (κ1) is 14.4. The summed E-state index contributed by atoms with van der Waals surface area (Å²) in [4.78, 5) is 15.9. The molecule has 0 aliphatic rings. The van der Waals surface area contributed by atoms with E-state index in [0.29, 0.717) is 17.1 Å². The molecule has 0 saturated heterocycles. The first-order valence-electron chi connectivity index (χ1n) is 6.07. The number of hydrogen-bond acceptors (Lipinski definition) is 5. The van der Waals surface area contributed by atoms with Gasteiger partial charge in [-0.1, -0.05) is 5.16 Å². The van der Waals surface area contributed by atoms with Crippen molar-refractivity contribution in [1.82, 2.24) is 9.55 Å². The lowest BCUT2D eigenvalue weighted by Gasteiger charge is -2.07. The van der Waals surface area contributed by atoms with Gasteiger partial charge in [-0.15, -0.1) is 0 Å². The van der Waals surface area contributed by atoms with E-state index in [-0.39, 0.29) is 18.3 Å². The maximum atomic E-state index is 11.9. The minimum atomic E-state index is -0.291. The summed E-state index contributed by atoms with van der Waals surface area (Å²) in [7, 11) is 1.79. The molecule has 0 radical (unpaired) electrons. The number of hydrogen-bond donors (Lipinski definition) is 3. The molecule has 1 heterocycles.